The van der Waals surface area contributed by atoms with Gasteiger partial charge in [-0.05, 0) is 36.1 Å². The van der Waals surface area contributed by atoms with Gasteiger partial charge in [-0.2, -0.15) is 0 Å². The van der Waals surface area contributed by atoms with Crippen LogP contribution in [-0.2, 0) is 6.42 Å². The molecule has 1 aromatic rings. The summed E-state index contributed by atoms with van der Waals surface area (Å²) in [6, 6.07) is 6.44. The second kappa shape index (κ2) is 5.93. The molecule has 0 heterocycles. The molecule has 1 unspecified atom stereocenters. The minimum atomic E-state index is -0.0543. The molecule has 4 N–H and O–H groups in total. The van der Waals surface area contributed by atoms with E-state index in [0.29, 0.717) is 12.6 Å². The lowest BCUT2D eigenvalue weighted by atomic mass is 10.1. The van der Waals surface area contributed by atoms with Gasteiger partial charge in [0.2, 0.25) is 0 Å². The summed E-state index contributed by atoms with van der Waals surface area (Å²) in [6.07, 6.45) is 2.17. The second-order valence-corrected chi connectivity index (χ2v) is 5.13. The average molecular weight is 262 g/mol. The molecule has 0 spiro atoms. The first-order chi connectivity index (χ1) is 9.08. The summed E-state index contributed by atoms with van der Waals surface area (Å²) >= 11 is 0. The second-order valence-electron chi connectivity index (χ2n) is 5.13. The Labute approximate surface area is 114 Å². The maximum absolute atomic E-state index is 11.3. The van der Waals surface area contributed by atoms with Crippen LogP contribution in [0.5, 0.6) is 0 Å². The van der Waals surface area contributed by atoms with Crippen LogP contribution in [0, 0.1) is 0 Å². The van der Waals surface area contributed by atoms with Crippen LogP contribution in [0.15, 0.2) is 18.2 Å². The number of carbonyl (C=O) groups excluding carboxylic acids is 1. The number of hydrogen-bond acceptors (Lipinski definition) is 3. The van der Waals surface area contributed by atoms with Crippen molar-refractivity contribution in [2.45, 2.75) is 18.9 Å². The van der Waals surface area contributed by atoms with E-state index >= 15 is 0 Å². The van der Waals surface area contributed by atoms with Crippen molar-refractivity contribution in [1.82, 2.24) is 15.5 Å². The summed E-state index contributed by atoms with van der Waals surface area (Å²) < 4.78 is 0. The molecule has 0 aliphatic heterocycles. The molecular formula is C14H22N4O. The van der Waals surface area contributed by atoms with E-state index in [9.17, 15) is 4.79 Å². The molecule has 0 fully saturated rings. The molecule has 5 nitrogen and oxygen atoms in total. The number of urea groups is 1. The van der Waals surface area contributed by atoms with Gasteiger partial charge in [-0.15, -0.1) is 0 Å². The molecule has 5 heteroatoms. The van der Waals surface area contributed by atoms with Gasteiger partial charge >= 0.3 is 6.03 Å². The Morgan fingerprint density at radius 3 is 2.95 bits per heavy atom. The standard InChI is InChI=1S/C14H22N4O/c1-18(2)14(19)17-8-7-16-13-6-3-10-9-11(15)4-5-12(10)13/h4-5,9,13,16H,3,6-8,15H2,1-2H3,(H,17,19). The van der Waals surface area contributed by atoms with E-state index in [4.69, 9.17) is 5.73 Å². The molecule has 19 heavy (non-hydrogen) atoms. The maximum atomic E-state index is 11.3. The van der Waals surface area contributed by atoms with Gasteiger partial charge in [0.05, 0.1) is 0 Å². The third kappa shape index (κ3) is 3.38. The van der Waals surface area contributed by atoms with Gasteiger partial charge in [-0.1, -0.05) is 6.07 Å². The molecule has 0 radical (unpaired) electrons. The Morgan fingerprint density at radius 2 is 2.21 bits per heavy atom. The predicted octanol–water partition coefficient (Wildman–Crippen LogP) is 1.12. The van der Waals surface area contributed by atoms with Gasteiger partial charge < -0.3 is 21.3 Å². The summed E-state index contributed by atoms with van der Waals surface area (Å²) in [4.78, 5) is 12.9. The van der Waals surface area contributed by atoms with Crippen LogP contribution >= 0.6 is 0 Å². The largest absolute Gasteiger partial charge is 0.399 e. The van der Waals surface area contributed by atoms with E-state index in [1.54, 1.807) is 14.1 Å². The van der Waals surface area contributed by atoms with Gasteiger partial charge in [0.25, 0.3) is 0 Å². The highest BCUT2D eigenvalue weighted by Gasteiger charge is 2.21. The lowest BCUT2D eigenvalue weighted by molar-refractivity contribution is 0.217. The van der Waals surface area contributed by atoms with Crippen molar-refractivity contribution < 1.29 is 4.79 Å². The van der Waals surface area contributed by atoms with Gasteiger partial charge in [0.15, 0.2) is 0 Å². The number of nitrogens with zero attached hydrogens (tertiary/aromatic N) is 1. The van der Waals surface area contributed by atoms with Crippen LogP contribution in [0.2, 0.25) is 0 Å². The van der Waals surface area contributed by atoms with Gasteiger partial charge in [0, 0.05) is 38.9 Å². The summed E-state index contributed by atoms with van der Waals surface area (Å²) in [5, 5.41) is 6.32. The van der Waals surface area contributed by atoms with Gasteiger partial charge in [-0.3, -0.25) is 0 Å². The molecule has 1 aliphatic rings. The van der Waals surface area contributed by atoms with E-state index in [1.165, 1.54) is 16.0 Å². The summed E-state index contributed by atoms with van der Waals surface area (Å²) in [7, 11) is 3.47. The van der Waals surface area contributed by atoms with Gasteiger partial charge in [-0.25, -0.2) is 4.79 Å². The number of benzene rings is 1. The Bertz CT molecular complexity index is 459. The van der Waals surface area contributed by atoms with Crippen LogP contribution in [0.3, 0.4) is 0 Å². The quantitative estimate of drug-likeness (QED) is 0.562. The first-order valence-corrected chi connectivity index (χ1v) is 6.65. The first-order valence-electron chi connectivity index (χ1n) is 6.65. The van der Waals surface area contributed by atoms with Crippen molar-refractivity contribution in [3.8, 4) is 0 Å². The SMILES string of the molecule is CN(C)C(=O)NCCNC1CCc2cc(N)ccc21. The molecule has 0 aromatic heterocycles. The number of nitrogens with one attached hydrogen (secondary N) is 2. The highest BCUT2D eigenvalue weighted by atomic mass is 16.2. The van der Waals surface area contributed by atoms with E-state index in [0.717, 1.165) is 25.1 Å². The predicted molar refractivity (Wildman–Crippen MR) is 77.0 cm³/mol. The topological polar surface area (TPSA) is 70.4 Å². The fourth-order valence-corrected chi connectivity index (χ4v) is 2.42. The molecule has 1 aliphatic carbocycles. The van der Waals surface area contributed by atoms with Crippen molar-refractivity contribution >= 4 is 11.7 Å². The van der Waals surface area contributed by atoms with E-state index < -0.39 is 0 Å². The average Bonchev–Trinajstić information content (AvgIpc) is 2.76. The monoisotopic (exact) mass is 262 g/mol. The Morgan fingerprint density at radius 1 is 1.42 bits per heavy atom. The van der Waals surface area contributed by atoms with E-state index in [2.05, 4.69) is 22.8 Å². The van der Waals surface area contributed by atoms with Crippen LogP contribution in [0.1, 0.15) is 23.6 Å². The molecule has 0 saturated heterocycles. The summed E-state index contributed by atoms with van der Waals surface area (Å²) in [5.74, 6) is 0. The fraction of sp³-hybridized carbons (Fsp3) is 0.500. The Hall–Kier alpha value is -1.75. The van der Waals surface area contributed by atoms with Crippen molar-refractivity contribution in [3.63, 3.8) is 0 Å². The number of anilines is 1. The van der Waals surface area contributed by atoms with Crippen LogP contribution in [-0.4, -0.2) is 38.1 Å². The van der Waals surface area contributed by atoms with E-state index in [1.807, 2.05) is 6.07 Å². The maximum Gasteiger partial charge on any atom is 0.316 e. The molecular weight excluding hydrogens is 240 g/mol. The first kappa shape index (κ1) is 13.7. The van der Waals surface area contributed by atoms with Crippen molar-refractivity contribution in [2.24, 2.45) is 0 Å². The lowest BCUT2D eigenvalue weighted by Gasteiger charge is -2.16. The number of fused-ring (bicyclic) bond motifs is 1. The minimum absolute atomic E-state index is 0.0543. The molecule has 2 rings (SSSR count). The highest BCUT2D eigenvalue weighted by Crippen LogP contribution is 2.31. The minimum Gasteiger partial charge on any atom is -0.399 e. The highest BCUT2D eigenvalue weighted by molar-refractivity contribution is 5.73. The van der Waals surface area contributed by atoms with Gasteiger partial charge in [0.1, 0.15) is 0 Å². The summed E-state index contributed by atoms with van der Waals surface area (Å²) in [6.45, 7) is 1.41. The smallest absolute Gasteiger partial charge is 0.316 e. The number of amides is 2. The van der Waals surface area contributed by atoms with Crippen molar-refractivity contribution in [3.05, 3.63) is 29.3 Å². The molecule has 104 valence electrons. The van der Waals surface area contributed by atoms with Crippen LogP contribution in [0.4, 0.5) is 10.5 Å². The van der Waals surface area contributed by atoms with E-state index in [-0.39, 0.29) is 6.03 Å². The Balaban J connectivity index is 1.79. The normalized spacial score (nSPS) is 17.1. The van der Waals surface area contributed by atoms with Crippen LogP contribution < -0.4 is 16.4 Å². The summed E-state index contributed by atoms with van der Waals surface area (Å²) in [5.41, 5.74) is 9.30. The van der Waals surface area contributed by atoms with Crippen molar-refractivity contribution in [1.29, 1.82) is 0 Å². The third-order valence-corrected chi connectivity index (χ3v) is 3.44. The molecule has 0 saturated carbocycles. The number of hydrogen-bond donors (Lipinski definition) is 3. The lowest BCUT2D eigenvalue weighted by Crippen LogP contribution is -2.38. The van der Waals surface area contributed by atoms with Crippen LogP contribution in [0.25, 0.3) is 0 Å². The zero-order chi connectivity index (χ0) is 13.8. The zero-order valence-corrected chi connectivity index (χ0v) is 11.6. The molecule has 1 aromatic carbocycles. The number of rotatable bonds is 4. The third-order valence-electron chi connectivity index (χ3n) is 3.44. The fourth-order valence-electron chi connectivity index (χ4n) is 2.42. The molecule has 0 bridgehead atoms. The number of aryl methyl sites for hydroxylation is 1. The van der Waals surface area contributed by atoms with Crippen molar-refractivity contribution in [2.75, 3.05) is 32.9 Å². The number of nitrogen functional groups attached to an aromatic ring is 1. The Kier molecular flexibility index (Phi) is 4.27. The number of carbonyl (C=O) groups is 1. The molecule has 2 amide bonds. The zero-order valence-electron chi connectivity index (χ0n) is 11.6. The molecule has 1 atom stereocenters. The number of nitrogens with two attached hydrogens (primary N) is 1.